The first-order chi connectivity index (χ1) is 9.25. The van der Waals surface area contributed by atoms with Gasteiger partial charge in [-0.15, -0.1) is 0 Å². The van der Waals surface area contributed by atoms with Crippen LogP contribution in [0.25, 0.3) is 0 Å². The Labute approximate surface area is 118 Å². The number of aryl methyl sites for hydroxylation is 1. The lowest BCUT2D eigenvalue weighted by atomic mass is 9.84. The number of hydrogen-bond donors (Lipinski definition) is 2. The summed E-state index contributed by atoms with van der Waals surface area (Å²) in [6.07, 6.45) is 5.08. The van der Waals surface area contributed by atoms with Gasteiger partial charge in [-0.05, 0) is 62.4 Å². The highest BCUT2D eigenvalue weighted by Gasteiger charge is 2.17. The van der Waals surface area contributed by atoms with Gasteiger partial charge < -0.3 is 10.6 Å². The van der Waals surface area contributed by atoms with Crippen molar-refractivity contribution in [3.8, 4) is 0 Å². The molecule has 106 valence electrons. The summed E-state index contributed by atoms with van der Waals surface area (Å²) in [5, 5.41) is 7.08. The summed E-state index contributed by atoms with van der Waals surface area (Å²) in [6.45, 7) is 7.84. The largest absolute Gasteiger partial charge is 0.316 e. The van der Waals surface area contributed by atoms with Crippen molar-refractivity contribution in [1.29, 1.82) is 0 Å². The minimum Gasteiger partial charge on any atom is -0.316 e. The molecule has 0 bridgehead atoms. The fourth-order valence-corrected chi connectivity index (χ4v) is 2.86. The first kappa shape index (κ1) is 14.5. The van der Waals surface area contributed by atoms with E-state index in [2.05, 4.69) is 48.7 Å². The topological polar surface area (TPSA) is 24.1 Å². The zero-order valence-corrected chi connectivity index (χ0v) is 12.4. The van der Waals surface area contributed by atoms with Crippen LogP contribution in [0.3, 0.4) is 0 Å². The van der Waals surface area contributed by atoms with E-state index in [9.17, 15) is 0 Å². The third kappa shape index (κ3) is 4.96. The van der Waals surface area contributed by atoms with Crippen LogP contribution in [0.4, 0.5) is 0 Å². The standard InChI is InChI=1S/C17H28N2/c1-14(2)19-11-5-10-18-13-15-8-9-16-6-3-4-7-17(16)12-15/h3-4,6-7,14-15,18-19H,5,8-13H2,1-2H3. The molecular weight excluding hydrogens is 232 g/mol. The van der Waals surface area contributed by atoms with E-state index in [1.54, 1.807) is 11.1 Å². The molecule has 0 spiro atoms. The van der Waals surface area contributed by atoms with Gasteiger partial charge in [0.2, 0.25) is 0 Å². The van der Waals surface area contributed by atoms with Crippen LogP contribution in [0.5, 0.6) is 0 Å². The molecule has 0 amide bonds. The highest BCUT2D eigenvalue weighted by molar-refractivity contribution is 5.29. The van der Waals surface area contributed by atoms with Crippen LogP contribution in [0, 0.1) is 5.92 Å². The molecule has 0 aliphatic heterocycles. The molecule has 1 atom stereocenters. The highest BCUT2D eigenvalue weighted by atomic mass is 14.9. The van der Waals surface area contributed by atoms with E-state index in [0.717, 1.165) is 19.0 Å². The van der Waals surface area contributed by atoms with E-state index in [-0.39, 0.29) is 0 Å². The minimum atomic E-state index is 0.606. The molecule has 1 aliphatic carbocycles. The maximum absolute atomic E-state index is 3.62. The number of benzene rings is 1. The second-order valence-corrected chi connectivity index (χ2v) is 6.04. The minimum absolute atomic E-state index is 0.606. The van der Waals surface area contributed by atoms with Gasteiger partial charge in [-0.1, -0.05) is 38.1 Å². The van der Waals surface area contributed by atoms with Crippen molar-refractivity contribution in [2.75, 3.05) is 19.6 Å². The van der Waals surface area contributed by atoms with Gasteiger partial charge in [0.05, 0.1) is 0 Å². The quantitative estimate of drug-likeness (QED) is 0.737. The Hall–Kier alpha value is -0.860. The molecule has 2 N–H and O–H groups in total. The monoisotopic (exact) mass is 260 g/mol. The number of rotatable bonds is 7. The zero-order chi connectivity index (χ0) is 13.5. The lowest BCUT2D eigenvalue weighted by Gasteiger charge is -2.24. The smallest absolute Gasteiger partial charge is 0.00103 e. The Bertz CT molecular complexity index is 373. The van der Waals surface area contributed by atoms with Gasteiger partial charge in [-0.25, -0.2) is 0 Å². The van der Waals surface area contributed by atoms with Crippen molar-refractivity contribution in [3.63, 3.8) is 0 Å². The summed E-state index contributed by atoms with van der Waals surface area (Å²) < 4.78 is 0. The lowest BCUT2D eigenvalue weighted by Crippen LogP contribution is -2.30. The molecule has 2 heteroatoms. The predicted octanol–water partition coefficient (Wildman–Crippen LogP) is 2.77. The van der Waals surface area contributed by atoms with E-state index in [1.165, 1.54) is 32.2 Å². The van der Waals surface area contributed by atoms with Gasteiger partial charge in [0.25, 0.3) is 0 Å². The molecule has 19 heavy (non-hydrogen) atoms. The van der Waals surface area contributed by atoms with Crippen molar-refractivity contribution in [2.45, 2.75) is 45.6 Å². The summed E-state index contributed by atoms with van der Waals surface area (Å²) in [5.74, 6) is 0.827. The average molecular weight is 260 g/mol. The second-order valence-electron chi connectivity index (χ2n) is 6.04. The van der Waals surface area contributed by atoms with Crippen molar-refractivity contribution in [3.05, 3.63) is 35.4 Å². The summed E-state index contributed by atoms with van der Waals surface area (Å²) in [7, 11) is 0. The van der Waals surface area contributed by atoms with E-state index >= 15 is 0 Å². The highest BCUT2D eigenvalue weighted by Crippen LogP contribution is 2.24. The van der Waals surface area contributed by atoms with Crippen molar-refractivity contribution in [2.24, 2.45) is 5.92 Å². The Morgan fingerprint density at radius 3 is 2.74 bits per heavy atom. The van der Waals surface area contributed by atoms with E-state index in [1.807, 2.05) is 0 Å². The Kier molecular flexibility index (Phi) is 5.87. The van der Waals surface area contributed by atoms with E-state index < -0.39 is 0 Å². The van der Waals surface area contributed by atoms with Gasteiger partial charge in [0, 0.05) is 6.04 Å². The van der Waals surface area contributed by atoms with Crippen LogP contribution in [0.2, 0.25) is 0 Å². The first-order valence-corrected chi connectivity index (χ1v) is 7.76. The van der Waals surface area contributed by atoms with E-state index in [4.69, 9.17) is 0 Å². The molecule has 0 radical (unpaired) electrons. The summed E-state index contributed by atoms with van der Waals surface area (Å²) >= 11 is 0. The van der Waals surface area contributed by atoms with Crippen molar-refractivity contribution < 1.29 is 0 Å². The number of fused-ring (bicyclic) bond motifs is 1. The third-order valence-corrected chi connectivity index (χ3v) is 3.96. The van der Waals surface area contributed by atoms with Crippen molar-refractivity contribution in [1.82, 2.24) is 10.6 Å². The van der Waals surface area contributed by atoms with Crippen LogP contribution in [-0.4, -0.2) is 25.7 Å². The third-order valence-electron chi connectivity index (χ3n) is 3.96. The average Bonchev–Trinajstić information content (AvgIpc) is 2.42. The molecule has 2 rings (SSSR count). The van der Waals surface area contributed by atoms with Gasteiger partial charge in [0.15, 0.2) is 0 Å². The molecule has 2 nitrogen and oxygen atoms in total. The molecule has 1 aromatic carbocycles. The Morgan fingerprint density at radius 2 is 1.95 bits per heavy atom. The van der Waals surface area contributed by atoms with Crippen LogP contribution in [-0.2, 0) is 12.8 Å². The Balaban J connectivity index is 1.61. The molecule has 0 fully saturated rings. The molecule has 0 saturated heterocycles. The van der Waals surface area contributed by atoms with Crippen molar-refractivity contribution >= 4 is 0 Å². The van der Waals surface area contributed by atoms with Gasteiger partial charge in [-0.2, -0.15) is 0 Å². The summed E-state index contributed by atoms with van der Waals surface area (Å²) in [4.78, 5) is 0. The zero-order valence-electron chi connectivity index (χ0n) is 12.4. The van der Waals surface area contributed by atoms with Crippen LogP contribution >= 0.6 is 0 Å². The predicted molar refractivity (Wildman–Crippen MR) is 82.6 cm³/mol. The van der Waals surface area contributed by atoms with Crippen LogP contribution in [0.1, 0.15) is 37.8 Å². The number of hydrogen-bond acceptors (Lipinski definition) is 2. The number of nitrogens with one attached hydrogen (secondary N) is 2. The second kappa shape index (κ2) is 7.66. The molecule has 1 aromatic rings. The fourth-order valence-electron chi connectivity index (χ4n) is 2.86. The SMILES string of the molecule is CC(C)NCCCNCC1CCc2ccccc2C1. The molecule has 0 heterocycles. The van der Waals surface area contributed by atoms with Gasteiger partial charge in [-0.3, -0.25) is 0 Å². The first-order valence-electron chi connectivity index (χ1n) is 7.76. The van der Waals surface area contributed by atoms with Crippen LogP contribution in [0.15, 0.2) is 24.3 Å². The fraction of sp³-hybridized carbons (Fsp3) is 0.647. The summed E-state index contributed by atoms with van der Waals surface area (Å²) in [5.41, 5.74) is 3.14. The molecular formula is C17H28N2. The molecule has 0 saturated carbocycles. The lowest BCUT2D eigenvalue weighted by molar-refractivity contribution is 0.420. The van der Waals surface area contributed by atoms with E-state index in [0.29, 0.717) is 6.04 Å². The normalized spacial score (nSPS) is 18.6. The maximum atomic E-state index is 3.62. The van der Waals surface area contributed by atoms with Gasteiger partial charge in [0.1, 0.15) is 0 Å². The molecule has 1 aliphatic rings. The maximum Gasteiger partial charge on any atom is 0.00103 e. The molecule has 0 aromatic heterocycles. The van der Waals surface area contributed by atoms with Crippen LogP contribution < -0.4 is 10.6 Å². The van der Waals surface area contributed by atoms with Gasteiger partial charge >= 0.3 is 0 Å². The summed E-state index contributed by atoms with van der Waals surface area (Å²) in [6, 6.07) is 9.53. The molecule has 1 unspecified atom stereocenters. The Morgan fingerprint density at radius 1 is 1.16 bits per heavy atom.